The van der Waals surface area contributed by atoms with Gasteiger partial charge in [-0.3, -0.25) is 4.98 Å². The molecule has 0 atom stereocenters. The van der Waals surface area contributed by atoms with Crippen LogP contribution in [0.25, 0.3) is 0 Å². The van der Waals surface area contributed by atoms with Gasteiger partial charge in [0.15, 0.2) is 0 Å². The molecular weight excluding hydrogens is 220 g/mol. The van der Waals surface area contributed by atoms with Crippen LogP contribution in [0.2, 0.25) is 5.02 Å². The second kappa shape index (κ2) is 6.87. The molecule has 1 aromatic heterocycles. The van der Waals surface area contributed by atoms with E-state index in [1.807, 2.05) is 26.8 Å². The molecule has 0 radical (unpaired) electrons. The molecule has 0 saturated carbocycles. The normalized spacial score (nSPS) is 15.0. The molecule has 0 unspecified atom stereocenters. The fourth-order valence-corrected chi connectivity index (χ4v) is 1.87. The van der Waals surface area contributed by atoms with Gasteiger partial charge < -0.3 is 4.90 Å². The lowest BCUT2D eigenvalue weighted by molar-refractivity contribution is 0.184. The van der Waals surface area contributed by atoms with Crippen LogP contribution in [0.5, 0.6) is 0 Å². The zero-order valence-electron chi connectivity index (χ0n) is 10.5. The van der Waals surface area contributed by atoms with Gasteiger partial charge in [0.05, 0.1) is 5.02 Å². The topological polar surface area (TPSA) is 16.1 Å². The van der Waals surface area contributed by atoms with Crippen LogP contribution in [-0.2, 0) is 6.42 Å². The zero-order valence-corrected chi connectivity index (χ0v) is 11.2. The lowest BCUT2D eigenvalue weighted by Gasteiger charge is -2.30. The number of halogens is 1. The molecule has 0 aliphatic carbocycles. The van der Waals surface area contributed by atoms with E-state index in [0.717, 1.165) is 23.7 Å². The van der Waals surface area contributed by atoms with Crippen molar-refractivity contribution in [1.82, 2.24) is 9.88 Å². The van der Waals surface area contributed by atoms with E-state index in [1.54, 1.807) is 6.20 Å². The maximum atomic E-state index is 5.90. The Kier molecular flexibility index (Phi) is 5.78. The monoisotopic (exact) mass is 240 g/mol. The molecule has 0 aromatic carbocycles. The molecule has 1 saturated heterocycles. The van der Waals surface area contributed by atoms with Crippen LogP contribution < -0.4 is 0 Å². The van der Waals surface area contributed by atoms with Crippen LogP contribution in [0.4, 0.5) is 0 Å². The van der Waals surface area contributed by atoms with E-state index in [9.17, 15) is 0 Å². The predicted molar refractivity (Wildman–Crippen MR) is 70.1 cm³/mol. The SMILES string of the molecule is CC.Cc1ncc(Cl)cc1CCN1CCC1. The summed E-state index contributed by atoms with van der Waals surface area (Å²) < 4.78 is 0. The summed E-state index contributed by atoms with van der Waals surface area (Å²) in [4.78, 5) is 6.71. The fraction of sp³-hybridized carbons (Fsp3) is 0.615. The molecule has 0 N–H and O–H groups in total. The Morgan fingerprint density at radius 2 is 2.06 bits per heavy atom. The summed E-state index contributed by atoms with van der Waals surface area (Å²) in [5, 5.41) is 0.745. The summed E-state index contributed by atoms with van der Waals surface area (Å²) in [6.45, 7) is 9.70. The third-order valence-electron chi connectivity index (χ3n) is 2.80. The number of likely N-dealkylation sites (tertiary alicyclic amines) is 1. The van der Waals surface area contributed by atoms with Crippen LogP contribution in [-0.4, -0.2) is 29.5 Å². The summed E-state index contributed by atoms with van der Waals surface area (Å²) in [6.07, 6.45) is 4.14. The molecule has 90 valence electrons. The summed E-state index contributed by atoms with van der Waals surface area (Å²) in [7, 11) is 0. The third-order valence-corrected chi connectivity index (χ3v) is 3.01. The van der Waals surface area contributed by atoms with E-state index in [4.69, 9.17) is 11.6 Å². The van der Waals surface area contributed by atoms with Gasteiger partial charge in [0.25, 0.3) is 0 Å². The van der Waals surface area contributed by atoms with Crippen molar-refractivity contribution in [3.05, 3.63) is 28.5 Å². The minimum atomic E-state index is 0.745. The van der Waals surface area contributed by atoms with E-state index in [2.05, 4.69) is 9.88 Å². The van der Waals surface area contributed by atoms with E-state index in [0.29, 0.717) is 0 Å². The highest BCUT2D eigenvalue weighted by atomic mass is 35.5. The molecule has 16 heavy (non-hydrogen) atoms. The van der Waals surface area contributed by atoms with Crippen LogP contribution >= 0.6 is 11.6 Å². The van der Waals surface area contributed by atoms with Gasteiger partial charge in [-0.1, -0.05) is 25.4 Å². The van der Waals surface area contributed by atoms with Crippen molar-refractivity contribution >= 4 is 11.6 Å². The molecule has 0 bridgehead atoms. The molecule has 2 heterocycles. The molecule has 3 heteroatoms. The molecule has 1 aliphatic heterocycles. The summed E-state index contributed by atoms with van der Waals surface area (Å²) in [5.74, 6) is 0. The van der Waals surface area contributed by atoms with Gasteiger partial charge in [0.1, 0.15) is 0 Å². The predicted octanol–water partition coefficient (Wildman–Crippen LogP) is 3.32. The number of rotatable bonds is 3. The number of hydrogen-bond donors (Lipinski definition) is 0. The van der Waals surface area contributed by atoms with Crippen molar-refractivity contribution in [2.45, 2.75) is 33.6 Å². The Morgan fingerprint density at radius 3 is 2.62 bits per heavy atom. The molecule has 2 nitrogen and oxygen atoms in total. The standard InChI is InChI=1S/C11H15ClN2.C2H6/c1-9-10(7-11(12)8-13-9)3-6-14-4-2-5-14;1-2/h7-8H,2-6H2,1H3;1-2H3. The third kappa shape index (κ3) is 3.76. The number of nitrogens with zero attached hydrogens (tertiary/aromatic N) is 2. The van der Waals surface area contributed by atoms with Gasteiger partial charge in [0.2, 0.25) is 0 Å². The Hall–Kier alpha value is -0.600. The highest BCUT2D eigenvalue weighted by molar-refractivity contribution is 6.30. The molecule has 2 rings (SSSR count). The van der Waals surface area contributed by atoms with E-state index in [-0.39, 0.29) is 0 Å². The first-order valence-corrected chi connectivity index (χ1v) is 6.47. The lowest BCUT2D eigenvalue weighted by Crippen LogP contribution is -2.38. The van der Waals surface area contributed by atoms with Crippen molar-refractivity contribution in [1.29, 1.82) is 0 Å². The quantitative estimate of drug-likeness (QED) is 0.806. The summed E-state index contributed by atoms with van der Waals surface area (Å²) >= 11 is 5.90. The van der Waals surface area contributed by atoms with Crippen molar-refractivity contribution in [2.24, 2.45) is 0 Å². The molecule has 1 aliphatic rings. The fourth-order valence-electron chi connectivity index (χ4n) is 1.69. The minimum Gasteiger partial charge on any atom is -0.303 e. The van der Waals surface area contributed by atoms with E-state index in [1.165, 1.54) is 25.1 Å². The Balaban J connectivity index is 0.000000606. The van der Waals surface area contributed by atoms with Gasteiger partial charge in [-0.25, -0.2) is 0 Å². The lowest BCUT2D eigenvalue weighted by atomic mass is 10.1. The number of aryl methyl sites for hydroxylation is 1. The summed E-state index contributed by atoms with van der Waals surface area (Å²) in [5.41, 5.74) is 2.39. The first-order valence-electron chi connectivity index (χ1n) is 6.09. The van der Waals surface area contributed by atoms with Crippen molar-refractivity contribution in [3.63, 3.8) is 0 Å². The average Bonchev–Trinajstić information content (AvgIpc) is 2.24. The molecule has 1 fully saturated rings. The largest absolute Gasteiger partial charge is 0.303 e. The molecule has 0 spiro atoms. The van der Waals surface area contributed by atoms with Crippen molar-refractivity contribution in [2.75, 3.05) is 19.6 Å². The average molecular weight is 241 g/mol. The minimum absolute atomic E-state index is 0.745. The molecule has 0 amide bonds. The maximum Gasteiger partial charge on any atom is 0.0592 e. The zero-order chi connectivity index (χ0) is 12.0. The van der Waals surface area contributed by atoms with Gasteiger partial charge in [-0.2, -0.15) is 0 Å². The van der Waals surface area contributed by atoms with E-state index < -0.39 is 0 Å². The number of hydrogen-bond acceptors (Lipinski definition) is 2. The van der Waals surface area contributed by atoms with E-state index >= 15 is 0 Å². The molecule has 1 aromatic rings. The van der Waals surface area contributed by atoms with Gasteiger partial charge in [-0.05, 0) is 44.5 Å². The highest BCUT2D eigenvalue weighted by Gasteiger charge is 2.13. The number of aromatic nitrogens is 1. The van der Waals surface area contributed by atoms with Gasteiger partial charge in [-0.15, -0.1) is 0 Å². The summed E-state index contributed by atoms with van der Waals surface area (Å²) in [6, 6.07) is 2.03. The van der Waals surface area contributed by atoms with Gasteiger partial charge in [0, 0.05) is 18.4 Å². The first kappa shape index (κ1) is 13.5. The van der Waals surface area contributed by atoms with Crippen LogP contribution in [0.1, 0.15) is 31.5 Å². The highest BCUT2D eigenvalue weighted by Crippen LogP contribution is 2.14. The number of pyridine rings is 1. The smallest absolute Gasteiger partial charge is 0.0592 e. The van der Waals surface area contributed by atoms with Gasteiger partial charge >= 0.3 is 0 Å². The Bertz CT molecular complexity index is 322. The van der Waals surface area contributed by atoms with Crippen molar-refractivity contribution in [3.8, 4) is 0 Å². The van der Waals surface area contributed by atoms with Crippen LogP contribution in [0.15, 0.2) is 12.3 Å². The Morgan fingerprint density at radius 1 is 1.38 bits per heavy atom. The van der Waals surface area contributed by atoms with Crippen LogP contribution in [0, 0.1) is 6.92 Å². The second-order valence-electron chi connectivity index (χ2n) is 3.84. The Labute approximate surface area is 104 Å². The molecular formula is C13H21ClN2. The first-order chi connectivity index (χ1) is 7.75. The second-order valence-corrected chi connectivity index (χ2v) is 4.28. The van der Waals surface area contributed by atoms with Crippen LogP contribution in [0.3, 0.4) is 0 Å². The van der Waals surface area contributed by atoms with Crippen molar-refractivity contribution < 1.29 is 0 Å². The maximum absolute atomic E-state index is 5.90.